The van der Waals surface area contributed by atoms with Gasteiger partial charge in [0.05, 0.1) is 6.42 Å². The largest absolute Gasteiger partial charge is 0.368 e. The second-order valence-corrected chi connectivity index (χ2v) is 7.54. The maximum Gasteiger partial charge on any atom is 0.253 e. The summed E-state index contributed by atoms with van der Waals surface area (Å²) >= 11 is 0. The minimum atomic E-state index is -0.253. The van der Waals surface area contributed by atoms with E-state index in [1.807, 2.05) is 35.2 Å². The molecule has 2 amide bonds. The molecule has 3 aromatic rings. The number of rotatable bonds is 5. The van der Waals surface area contributed by atoms with Gasteiger partial charge in [-0.05, 0) is 54.1 Å². The minimum Gasteiger partial charge on any atom is -0.368 e. The van der Waals surface area contributed by atoms with E-state index in [0.717, 1.165) is 11.3 Å². The van der Waals surface area contributed by atoms with E-state index in [1.165, 1.54) is 12.1 Å². The predicted octanol–water partition coefficient (Wildman–Crippen LogP) is 3.97. The molecule has 1 aliphatic rings. The van der Waals surface area contributed by atoms with Crippen LogP contribution in [0.3, 0.4) is 0 Å². The van der Waals surface area contributed by atoms with Crippen LogP contribution in [-0.2, 0) is 11.2 Å². The van der Waals surface area contributed by atoms with E-state index >= 15 is 0 Å². The molecule has 0 atom stereocenters. The fraction of sp³-hybridized carbons (Fsp3) is 0.200. The van der Waals surface area contributed by atoms with Crippen LogP contribution in [0, 0.1) is 5.82 Å². The van der Waals surface area contributed by atoms with Crippen LogP contribution in [0.15, 0.2) is 78.9 Å². The fourth-order valence-corrected chi connectivity index (χ4v) is 3.68. The summed E-state index contributed by atoms with van der Waals surface area (Å²) in [5.74, 6) is -0.375. The summed E-state index contributed by atoms with van der Waals surface area (Å²) in [6, 6.07) is 23.0. The molecule has 1 fully saturated rings. The highest BCUT2D eigenvalue weighted by molar-refractivity contribution is 5.96. The van der Waals surface area contributed by atoms with Crippen molar-refractivity contribution < 1.29 is 14.0 Å². The van der Waals surface area contributed by atoms with E-state index in [-0.39, 0.29) is 17.6 Å². The van der Waals surface area contributed by atoms with Crippen molar-refractivity contribution in [1.29, 1.82) is 0 Å². The van der Waals surface area contributed by atoms with E-state index in [9.17, 15) is 14.0 Å². The normalized spacial score (nSPS) is 13.7. The maximum atomic E-state index is 13.1. The van der Waals surface area contributed by atoms with Gasteiger partial charge in [0.1, 0.15) is 5.82 Å². The Balaban J connectivity index is 1.30. The molecule has 1 heterocycles. The van der Waals surface area contributed by atoms with Crippen molar-refractivity contribution in [3.63, 3.8) is 0 Å². The van der Waals surface area contributed by atoms with Crippen molar-refractivity contribution in [3.05, 3.63) is 95.8 Å². The number of carbonyl (C=O) groups is 2. The molecular formula is C25H24FN3O2. The lowest BCUT2D eigenvalue weighted by molar-refractivity contribution is -0.115. The smallest absolute Gasteiger partial charge is 0.253 e. The van der Waals surface area contributed by atoms with Crippen LogP contribution >= 0.6 is 0 Å². The average molecular weight is 417 g/mol. The Labute approximate surface area is 181 Å². The van der Waals surface area contributed by atoms with E-state index in [1.54, 1.807) is 36.4 Å². The Kier molecular flexibility index (Phi) is 6.26. The van der Waals surface area contributed by atoms with Crippen molar-refractivity contribution in [2.75, 3.05) is 36.4 Å². The first-order chi connectivity index (χ1) is 15.1. The summed E-state index contributed by atoms with van der Waals surface area (Å²) in [4.78, 5) is 29.0. The summed E-state index contributed by atoms with van der Waals surface area (Å²) in [5.41, 5.74) is 3.17. The van der Waals surface area contributed by atoms with Gasteiger partial charge in [-0.1, -0.05) is 30.3 Å². The monoisotopic (exact) mass is 417 g/mol. The number of piperazine rings is 1. The first kappa shape index (κ1) is 20.6. The second-order valence-electron chi connectivity index (χ2n) is 7.54. The first-order valence-corrected chi connectivity index (χ1v) is 10.3. The third-order valence-electron chi connectivity index (χ3n) is 5.38. The van der Waals surface area contributed by atoms with Gasteiger partial charge in [0.15, 0.2) is 0 Å². The Bertz CT molecular complexity index is 1030. The van der Waals surface area contributed by atoms with Gasteiger partial charge in [-0.2, -0.15) is 0 Å². The van der Waals surface area contributed by atoms with Crippen LogP contribution in [0.2, 0.25) is 0 Å². The second kappa shape index (κ2) is 9.43. The zero-order chi connectivity index (χ0) is 21.6. The number of hydrogen-bond donors (Lipinski definition) is 1. The van der Waals surface area contributed by atoms with Crippen LogP contribution in [0.4, 0.5) is 15.8 Å². The quantitative estimate of drug-likeness (QED) is 0.684. The van der Waals surface area contributed by atoms with Crippen molar-refractivity contribution in [1.82, 2.24) is 4.90 Å². The van der Waals surface area contributed by atoms with Gasteiger partial charge in [0, 0.05) is 43.1 Å². The Morgan fingerprint density at radius 2 is 1.45 bits per heavy atom. The summed E-state index contributed by atoms with van der Waals surface area (Å²) < 4.78 is 13.1. The third-order valence-corrected chi connectivity index (χ3v) is 5.38. The van der Waals surface area contributed by atoms with Crippen molar-refractivity contribution in [2.24, 2.45) is 0 Å². The van der Waals surface area contributed by atoms with Gasteiger partial charge in [-0.3, -0.25) is 9.59 Å². The van der Waals surface area contributed by atoms with Crippen molar-refractivity contribution in [2.45, 2.75) is 6.42 Å². The predicted molar refractivity (Wildman–Crippen MR) is 120 cm³/mol. The molecule has 4 rings (SSSR count). The highest BCUT2D eigenvalue weighted by Crippen LogP contribution is 2.19. The lowest BCUT2D eigenvalue weighted by Gasteiger charge is -2.36. The number of amides is 2. The summed E-state index contributed by atoms with van der Waals surface area (Å²) in [6.07, 6.45) is 0.305. The van der Waals surface area contributed by atoms with Crippen LogP contribution in [0.5, 0.6) is 0 Å². The number of halogens is 1. The maximum absolute atomic E-state index is 13.1. The summed E-state index contributed by atoms with van der Waals surface area (Å²) in [6.45, 7) is 2.60. The third kappa shape index (κ3) is 5.28. The molecule has 0 radical (unpaired) electrons. The molecule has 158 valence electrons. The molecule has 0 saturated carbocycles. The van der Waals surface area contributed by atoms with Crippen LogP contribution in [0.25, 0.3) is 0 Å². The standard InChI is InChI=1S/C25H24FN3O2/c26-21-8-12-23(13-9-21)28-14-16-29(17-15-28)25(31)20-6-10-22(11-7-20)27-24(30)18-19-4-2-1-3-5-19/h1-13H,14-18H2,(H,27,30). The minimum absolute atomic E-state index is 0.0269. The van der Waals surface area contributed by atoms with Crippen LogP contribution in [-0.4, -0.2) is 42.9 Å². The fourth-order valence-electron chi connectivity index (χ4n) is 3.68. The highest BCUT2D eigenvalue weighted by Gasteiger charge is 2.22. The molecule has 0 unspecified atom stereocenters. The Morgan fingerprint density at radius 1 is 0.806 bits per heavy atom. The lowest BCUT2D eigenvalue weighted by Crippen LogP contribution is -2.48. The van der Waals surface area contributed by atoms with Crippen LogP contribution < -0.4 is 10.2 Å². The number of nitrogens with zero attached hydrogens (tertiary/aromatic N) is 2. The molecule has 31 heavy (non-hydrogen) atoms. The Hall–Kier alpha value is -3.67. The van der Waals surface area contributed by atoms with Crippen molar-refractivity contribution in [3.8, 4) is 0 Å². The molecule has 1 saturated heterocycles. The first-order valence-electron chi connectivity index (χ1n) is 10.3. The number of hydrogen-bond acceptors (Lipinski definition) is 3. The van der Waals surface area contributed by atoms with E-state index in [4.69, 9.17) is 0 Å². The number of carbonyl (C=O) groups excluding carboxylic acids is 2. The zero-order valence-corrected chi connectivity index (χ0v) is 17.1. The number of anilines is 2. The lowest BCUT2D eigenvalue weighted by atomic mass is 10.1. The summed E-state index contributed by atoms with van der Waals surface area (Å²) in [7, 11) is 0. The molecule has 1 aliphatic heterocycles. The molecule has 0 bridgehead atoms. The van der Waals surface area contributed by atoms with Gasteiger partial charge in [-0.15, -0.1) is 0 Å². The van der Waals surface area contributed by atoms with E-state index < -0.39 is 0 Å². The zero-order valence-electron chi connectivity index (χ0n) is 17.1. The molecule has 5 nitrogen and oxygen atoms in total. The Morgan fingerprint density at radius 3 is 2.10 bits per heavy atom. The van der Waals surface area contributed by atoms with Gasteiger partial charge in [0.25, 0.3) is 5.91 Å². The molecular weight excluding hydrogens is 393 g/mol. The summed E-state index contributed by atoms with van der Waals surface area (Å²) in [5, 5.41) is 2.87. The number of nitrogens with one attached hydrogen (secondary N) is 1. The van der Waals surface area contributed by atoms with Crippen LogP contribution in [0.1, 0.15) is 15.9 Å². The highest BCUT2D eigenvalue weighted by atomic mass is 19.1. The number of benzene rings is 3. The molecule has 6 heteroatoms. The van der Waals surface area contributed by atoms with E-state index in [2.05, 4.69) is 10.2 Å². The molecule has 1 N–H and O–H groups in total. The average Bonchev–Trinajstić information content (AvgIpc) is 2.80. The van der Waals surface area contributed by atoms with Gasteiger partial charge < -0.3 is 15.1 Å². The SMILES string of the molecule is O=C(Cc1ccccc1)Nc1ccc(C(=O)N2CCN(c3ccc(F)cc3)CC2)cc1. The van der Waals surface area contributed by atoms with Gasteiger partial charge in [-0.25, -0.2) is 4.39 Å². The van der Waals surface area contributed by atoms with Crippen molar-refractivity contribution >= 4 is 23.2 Å². The molecule has 0 aliphatic carbocycles. The topological polar surface area (TPSA) is 52.7 Å². The molecule has 3 aromatic carbocycles. The van der Waals surface area contributed by atoms with Gasteiger partial charge in [0.2, 0.25) is 5.91 Å². The van der Waals surface area contributed by atoms with E-state index in [0.29, 0.717) is 43.9 Å². The molecule has 0 aromatic heterocycles. The molecule has 0 spiro atoms. The van der Waals surface area contributed by atoms with Gasteiger partial charge >= 0.3 is 0 Å².